The first-order valence-electron chi connectivity index (χ1n) is 9.17. The Labute approximate surface area is 167 Å². The van der Waals surface area contributed by atoms with Crippen molar-refractivity contribution in [1.29, 1.82) is 0 Å². The van der Waals surface area contributed by atoms with Crippen LogP contribution in [-0.4, -0.2) is 27.6 Å². The third-order valence-corrected chi connectivity index (χ3v) is 6.65. The van der Waals surface area contributed by atoms with Crippen molar-refractivity contribution in [1.82, 2.24) is 5.32 Å². The lowest BCUT2D eigenvalue weighted by Gasteiger charge is -2.35. The van der Waals surface area contributed by atoms with Crippen molar-refractivity contribution >= 4 is 10.1 Å². The number of nitrogens with one attached hydrogen (secondary N) is 1. The molecule has 9 heteroatoms. The highest BCUT2D eigenvalue weighted by Gasteiger charge is 2.46. The minimum Gasteiger partial charge on any atom is -0.488 e. The molecule has 2 unspecified atom stereocenters. The van der Waals surface area contributed by atoms with Crippen LogP contribution in [0.15, 0.2) is 42.5 Å². The van der Waals surface area contributed by atoms with Crippen molar-refractivity contribution in [2.45, 2.75) is 36.8 Å². The second-order valence-corrected chi connectivity index (χ2v) is 9.19. The van der Waals surface area contributed by atoms with E-state index >= 15 is 0 Å². The second-order valence-electron chi connectivity index (χ2n) is 7.62. The molecule has 2 aromatic rings. The average molecular weight is 427 g/mol. The van der Waals surface area contributed by atoms with Crippen molar-refractivity contribution in [3.05, 3.63) is 59.2 Å². The van der Waals surface area contributed by atoms with Crippen LogP contribution in [0.1, 0.15) is 30.0 Å². The number of rotatable bonds is 4. The Morgan fingerprint density at radius 3 is 2.79 bits per heavy atom. The van der Waals surface area contributed by atoms with Gasteiger partial charge in [0.1, 0.15) is 23.4 Å². The first kappa shape index (κ1) is 20.0. The van der Waals surface area contributed by atoms with Gasteiger partial charge in [-0.05, 0) is 42.8 Å². The van der Waals surface area contributed by atoms with Crippen LogP contribution in [0.2, 0.25) is 0 Å². The third-order valence-electron chi connectivity index (χ3n) is 5.52. The molecule has 4 rings (SSSR count). The molecule has 0 aliphatic carbocycles. The fraction of sp³-hybridized carbons (Fsp3) is 0.400. The molecule has 0 spiro atoms. The molecule has 29 heavy (non-hydrogen) atoms. The smallest absolute Gasteiger partial charge is 0.416 e. The van der Waals surface area contributed by atoms with E-state index in [0.717, 1.165) is 30.7 Å². The van der Waals surface area contributed by atoms with Crippen molar-refractivity contribution in [2.75, 3.05) is 13.1 Å². The summed E-state index contributed by atoms with van der Waals surface area (Å²) in [5.41, 5.74) is -0.250. The third kappa shape index (κ3) is 3.93. The number of hydrogen-bond donors (Lipinski definition) is 1. The average Bonchev–Trinajstić information content (AvgIpc) is 2.92. The van der Waals surface area contributed by atoms with Gasteiger partial charge in [0.2, 0.25) is 0 Å². The van der Waals surface area contributed by atoms with Crippen LogP contribution in [-0.2, 0) is 27.5 Å². The van der Waals surface area contributed by atoms with Gasteiger partial charge in [-0.1, -0.05) is 25.1 Å². The Bertz CT molecular complexity index is 1040. The quantitative estimate of drug-likeness (QED) is 0.755. The zero-order valence-corrected chi connectivity index (χ0v) is 16.4. The molecule has 1 saturated heterocycles. The Morgan fingerprint density at radius 1 is 1.24 bits per heavy atom. The standard InChI is InChI=1S/C20H20F3NO4S/c1-19-7-8-24-11-18(19)27-17-6-5-15(10-16(17)19)28-29(25,26)12-13-3-2-4-14(9-13)20(21,22)23/h2-6,9-10,18,24H,7-8,11-12H2,1H3. The van der Waals surface area contributed by atoms with Gasteiger partial charge in [0.05, 0.1) is 5.56 Å². The van der Waals surface area contributed by atoms with E-state index in [-0.39, 0.29) is 22.8 Å². The van der Waals surface area contributed by atoms with E-state index in [1.165, 1.54) is 18.2 Å². The lowest BCUT2D eigenvalue weighted by molar-refractivity contribution is -0.137. The van der Waals surface area contributed by atoms with Gasteiger partial charge in [0.15, 0.2) is 0 Å². The number of fused-ring (bicyclic) bond motifs is 3. The molecule has 2 aliphatic rings. The maximum Gasteiger partial charge on any atom is 0.416 e. The summed E-state index contributed by atoms with van der Waals surface area (Å²) < 4.78 is 74.6. The van der Waals surface area contributed by atoms with E-state index in [9.17, 15) is 21.6 Å². The molecule has 2 heterocycles. The zero-order chi connectivity index (χ0) is 20.9. The number of alkyl halides is 3. The van der Waals surface area contributed by atoms with E-state index in [2.05, 4.69) is 12.2 Å². The predicted molar refractivity (Wildman–Crippen MR) is 100 cm³/mol. The van der Waals surface area contributed by atoms with E-state index in [1.807, 2.05) is 0 Å². The summed E-state index contributed by atoms with van der Waals surface area (Å²) in [5, 5.41) is 3.28. The molecule has 0 bridgehead atoms. The summed E-state index contributed by atoms with van der Waals surface area (Å²) in [5.74, 6) is 0.164. The zero-order valence-electron chi connectivity index (χ0n) is 15.6. The van der Waals surface area contributed by atoms with E-state index in [1.54, 1.807) is 12.1 Å². The first-order chi connectivity index (χ1) is 13.6. The molecule has 156 valence electrons. The number of benzene rings is 2. The van der Waals surface area contributed by atoms with Gasteiger partial charge >= 0.3 is 16.3 Å². The lowest BCUT2D eigenvalue weighted by atomic mass is 9.74. The summed E-state index contributed by atoms with van der Waals surface area (Å²) in [4.78, 5) is 0. The van der Waals surface area contributed by atoms with Crippen LogP contribution >= 0.6 is 0 Å². The number of halogens is 3. The highest BCUT2D eigenvalue weighted by molar-refractivity contribution is 7.86. The highest BCUT2D eigenvalue weighted by Crippen LogP contribution is 2.47. The Morgan fingerprint density at radius 2 is 2.03 bits per heavy atom. The van der Waals surface area contributed by atoms with Crippen LogP contribution in [0.5, 0.6) is 11.5 Å². The molecule has 2 aromatic carbocycles. The van der Waals surface area contributed by atoms with Gasteiger partial charge in [0, 0.05) is 17.5 Å². The van der Waals surface area contributed by atoms with Gasteiger partial charge in [-0.2, -0.15) is 21.6 Å². The summed E-state index contributed by atoms with van der Waals surface area (Å²) in [7, 11) is -4.14. The molecule has 2 atom stereocenters. The molecule has 0 amide bonds. The van der Waals surface area contributed by atoms with Gasteiger partial charge in [0.25, 0.3) is 0 Å². The largest absolute Gasteiger partial charge is 0.488 e. The Kier molecular flexibility index (Phi) is 4.77. The summed E-state index contributed by atoms with van der Waals surface area (Å²) in [6.07, 6.45) is -3.74. The van der Waals surface area contributed by atoms with Gasteiger partial charge in [-0.3, -0.25) is 0 Å². The monoisotopic (exact) mass is 427 g/mol. The normalized spacial score (nSPS) is 23.8. The molecular weight excluding hydrogens is 407 g/mol. The topological polar surface area (TPSA) is 64.6 Å². The second kappa shape index (κ2) is 6.91. The molecule has 1 fully saturated rings. The van der Waals surface area contributed by atoms with Crippen LogP contribution in [0.3, 0.4) is 0 Å². The minimum atomic E-state index is -4.54. The summed E-state index contributed by atoms with van der Waals surface area (Å²) in [6.45, 7) is 3.61. The van der Waals surface area contributed by atoms with Crippen molar-refractivity contribution in [3.63, 3.8) is 0 Å². The van der Waals surface area contributed by atoms with Crippen LogP contribution in [0.25, 0.3) is 0 Å². The van der Waals surface area contributed by atoms with Crippen LogP contribution in [0.4, 0.5) is 13.2 Å². The molecule has 5 nitrogen and oxygen atoms in total. The van der Waals surface area contributed by atoms with Gasteiger partial charge in [-0.25, -0.2) is 0 Å². The molecule has 2 aliphatic heterocycles. The fourth-order valence-corrected chi connectivity index (χ4v) is 4.97. The maximum absolute atomic E-state index is 12.8. The van der Waals surface area contributed by atoms with Crippen molar-refractivity contribution in [3.8, 4) is 11.5 Å². The lowest BCUT2D eigenvalue weighted by Crippen LogP contribution is -2.49. The fourth-order valence-electron chi connectivity index (χ4n) is 3.93. The first-order valence-corrected chi connectivity index (χ1v) is 10.7. The molecular formula is C20H20F3NO4S. The minimum absolute atomic E-state index is 0.00898. The Balaban J connectivity index is 1.55. The van der Waals surface area contributed by atoms with E-state index < -0.39 is 27.6 Å². The molecule has 0 saturated carbocycles. The number of piperidine rings is 1. The SMILES string of the molecule is CC12CCNCC1Oc1ccc(OS(=O)(=O)Cc3cccc(C(F)(F)F)c3)cc12. The molecule has 0 radical (unpaired) electrons. The van der Waals surface area contributed by atoms with Crippen LogP contribution < -0.4 is 14.2 Å². The van der Waals surface area contributed by atoms with E-state index in [4.69, 9.17) is 8.92 Å². The van der Waals surface area contributed by atoms with Crippen LogP contribution in [0, 0.1) is 0 Å². The van der Waals surface area contributed by atoms with E-state index in [0.29, 0.717) is 12.3 Å². The molecule has 0 aromatic heterocycles. The predicted octanol–water partition coefficient (Wildman–Crippen LogP) is 3.63. The van der Waals surface area contributed by atoms with Gasteiger partial charge < -0.3 is 14.2 Å². The van der Waals surface area contributed by atoms with Gasteiger partial charge in [-0.15, -0.1) is 0 Å². The summed E-state index contributed by atoms with van der Waals surface area (Å²) >= 11 is 0. The summed E-state index contributed by atoms with van der Waals surface area (Å²) in [6, 6.07) is 9.05. The number of hydrogen-bond acceptors (Lipinski definition) is 5. The Hall–Kier alpha value is -2.26. The maximum atomic E-state index is 12.8. The van der Waals surface area contributed by atoms with Crippen molar-refractivity contribution in [2.24, 2.45) is 0 Å². The molecule has 1 N–H and O–H groups in total. The van der Waals surface area contributed by atoms with Crippen molar-refractivity contribution < 1.29 is 30.5 Å². The highest BCUT2D eigenvalue weighted by atomic mass is 32.2. The number of ether oxygens (including phenoxy) is 1.